The lowest BCUT2D eigenvalue weighted by molar-refractivity contribution is 0.479. The van der Waals surface area contributed by atoms with Crippen LogP contribution in [0.2, 0.25) is 0 Å². The van der Waals surface area contributed by atoms with Crippen molar-refractivity contribution in [2.24, 2.45) is 0 Å². The van der Waals surface area contributed by atoms with Crippen LogP contribution in [0.25, 0.3) is 6.08 Å². The van der Waals surface area contributed by atoms with Gasteiger partial charge in [-0.15, -0.1) is 0 Å². The Morgan fingerprint density at radius 1 is 1.33 bits per heavy atom. The largest absolute Gasteiger partial charge is 0.465 e. The number of allylic oxidation sites excluding steroid dienone is 1. The second kappa shape index (κ2) is 4.39. The van der Waals surface area contributed by atoms with Crippen molar-refractivity contribution in [2.45, 2.75) is 6.92 Å². The van der Waals surface area contributed by atoms with E-state index in [-0.39, 0.29) is 0 Å². The first kappa shape index (κ1) is 8.60. The van der Waals surface area contributed by atoms with Crippen LogP contribution in [0, 0.1) is 0 Å². The van der Waals surface area contributed by atoms with Gasteiger partial charge in [-0.3, -0.25) is 0 Å². The van der Waals surface area contributed by atoms with Gasteiger partial charge >= 0.3 is 0 Å². The van der Waals surface area contributed by atoms with Crippen molar-refractivity contribution in [3.8, 4) is 5.75 Å². The van der Waals surface area contributed by atoms with Gasteiger partial charge in [0.1, 0.15) is 5.75 Å². The molecule has 0 aromatic heterocycles. The van der Waals surface area contributed by atoms with E-state index in [1.807, 2.05) is 37.3 Å². The monoisotopic (exact) mass is 160 g/mol. The molecule has 0 aliphatic carbocycles. The Hall–Kier alpha value is -1.50. The minimum Gasteiger partial charge on any atom is -0.465 e. The Morgan fingerprint density at radius 2 is 2.08 bits per heavy atom. The van der Waals surface area contributed by atoms with Crippen LogP contribution in [-0.4, -0.2) is 0 Å². The minimum absolute atomic E-state index is 0.839. The fourth-order valence-corrected chi connectivity index (χ4v) is 0.898. The number of para-hydroxylation sites is 1. The van der Waals surface area contributed by atoms with Crippen LogP contribution in [0.3, 0.4) is 0 Å². The van der Waals surface area contributed by atoms with Gasteiger partial charge in [0, 0.05) is 5.56 Å². The molecule has 1 heteroatoms. The molecule has 1 aromatic rings. The molecule has 0 spiro atoms. The van der Waals surface area contributed by atoms with E-state index >= 15 is 0 Å². The summed E-state index contributed by atoms with van der Waals surface area (Å²) in [5.74, 6) is 0.839. The number of rotatable bonds is 3. The molecule has 0 aliphatic heterocycles. The lowest BCUT2D eigenvalue weighted by atomic mass is 10.2. The van der Waals surface area contributed by atoms with Crippen molar-refractivity contribution >= 4 is 6.08 Å². The summed E-state index contributed by atoms with van der Waals surface area (Å²) in [6, 6.07) is 7.77. The molecule has 12 heavy (non-hydrogen) atoms. The summed E-state index contributed by atoms with van der Waals surface area (Å²) in [6.07, 6.45) is 5.28. The molecule has 62 valence electrons. The molecule has 0 amide bonds. The molecule has 0 N–H and O–H groups in total. The molecule has 0 radical (unpaired) electrons. The van der Waals surface area contributed by atoms with Gasteiger partial charge in [-0.25, -0.2) is 0 Å². The van der Waals surface area contributed by atoms with Crippen molar-refractivity contribution in [1.29, 1.82) is 0 Å². The maximum Gasteiger partial charge on any atom is 0.133 e. The summed E-state index contributed by atoms with van der Waals surface area (Å²) < 4.78 is 5.33. The van der Waals surface area contributed by atoms with E-state index in [1.54, 1.807) is 12.3 Å². The van der Waals surface area contributed by atoms with Gasteiger partial charge in [-0.1, -0.05) is 36.9 Å². The third-order valence-electron chi connectivity index (χ3n) is 1.47. The van der Waals surface area contributed by atoms with E-state index in [9.17, 15) is 0 Å². The minimum atomic E-state index is 0.839. The van der Waals surface area contributed by atoms with Gasteiger partial charge in [0.25, 0.3) is 0 Å². The van der Waals surface area contributed by atoms with Crippen LogP contribution in [0.15, 0.2) is 43.2 Å². The molecule has 0 heterocycles. The Morgan fingerprint density at radius 3 is 2.75 bits per heavy atom. The lowest BCUT2D eigenvalue weighted by Gasteiger charge is -2.02. The molecule has 0 atom stereocenters. The zero-order chi connectivity index (χ0) is 8.81. The number of ether oxygens (including phenoxy) is 1. The van der Waals surface area contributed by atoms with Crippen LogP contribution < -0.4 is 4.74 Å². The fourth-order valence-electron chi connectivity index (χ4n) is 0.898. The predicted molar refractivity (Wildman–Crippen MR) is 52.0 cm³/mol. The van der Waals surface area contributed by atoms with Gasteiger partial charge in [-0.05, 0) is 13.0 Å². The molecule has 0 saturated carbocycles. The first-order chi connectivity index (χ1) is 5.88. The average Bonchev–Trinajstić information content (AvgIpc) is 2.15. The first-order valence-electron chi connectivity index (χ1n) is 3.87. The molecule has 1 rings (SSSR count). The summed E-state index contributed by atoms with van der Waals surface area (Å²) in [5.41, 5.74) is 1.01. The molecule has 0 aliphatic rings. The third kappa shape index (κ3) is 1.99. The molecule has 1 aromatic carbocycles. The van der Waals surface area contributed by atoms with Crippen LogP contribution in [0.5, 0.6) is 5.75 Å². The fraction of sp³-hybridized carbons (Fsp3) is 0.0909. The van der Waals surface area contributed by atoms with Gasteiger partial charge in [0.2, 0.25) is 0 Å². The van der Waals surface area contributed by atoms with Crippen LogP contribution in [0.4, 0.5) is 0 Å². The van der Waals surface area contributed by atoms with Crippen molar-refractivity contribution in [3.05, 3.63) is 48.7 Å². The molecule has 0 unspecified atom stereocenters. The van der Waals surface area contributed by atoms with Crippen LogP contribution in [0.1, 0.15) is 12.5 Å². The number of hydrogen-bond donors (Lipinski definition) is 0. The topological polar surface area (TPSA) is 9.23 Å². The van der Waals surface area contributed by atoms with Crippen molar-refractivity contribution in [3.63, 3.8) is 0 Å². The predicted octanol–water partition coefficient (Wildman–Crippen LogP) is 3.24. The second-order valence-electron chi connectivity index (χ2n) is 2.33. The van der Waals surface area contributed by atoms with Crippen molar-refractivity contribution in [2.75, 3.05) is 0 Å². The molecular formula is C11H12O. The lowest BCUT2D eigenvalue weighted by Crippen LogP contribution is -1.84. The normalized spacial score (nSPS) is 10.1. The van der Waals surface area contributed by atoms with E-state index < -0.39 is 0 Å². The van der Waals surface area contributed by atoms with Gasteiger partial charge in [-0.2, -0.15) is 0 Å². The maximum atomic E-state index is 5.33. The first-order valence-corrected chi connectivity index (χ1v) is 3.87. The van der Waals surface area contributed by atoms with Gasteiger partial charge in [0.15, 0.2) is 0 Å². The summed E-state index contributed by atoms with van der Waals surface area (Å²) in [7, 11) is 0. The van der Waals surface area contributed by atoms with Crippen molar-refractivity contribution in [1.82, 2.24) is 0 Å². The highest BCUT2D eigenvalue weighted by molar-refractivity contribution is 5.55. The van der Waals surface area contributed by atoms with E-state index in [4.69, 9.17) is 4.74 Å². The summed E-state index contributed by atoms with van der Waals surface area (Å²) in [4.78, 5) is 0. The summed E-state index contributed by atoms with van der Waals surface area (Å²) in [6.45, 7) is 5.61. The smallest absolute Gasteiger partial charge is 0.133 e. The number of hydrogen-bond acceptors (Lipinski definition) is 1. The highest BCUT2D eigenvalue weighted by atomic mass is 16.5. The quantitative estimate of drug-likeness (QED) is 0.617. The molecule has 0 fully saturated rings. The molecule has 0 bridgehead atoms. The molecule has 0 saturated heterocycles. The highest BCUT2D eigenvalue weighted by Gasteiger charge is 1.94. The summed E-state index contributed by atoms with van der Waals surface area (Å²) in [5, 5.41) is 0. The Balaban J connectivity index is 2.89. The molecule has 1 nitrogen and oxygen atoms in total. The van der Waals surface area contributed by atoms with Crippen molar-refractivity contribution < 1.29 is 4.74 Å². The number of benzene rings is 1. The maximum absolute atomic E-state index is 5.33. The van der Waals surface area contributed by atoms with E-state index in [0.29, 0.717) is 0 Å². The summed E-state index contributed by atoms with van der Waals surface area (Å²) >= 11 is 0. The SMILES string of the molecule is C=Cc1ccccc1OC=CC. The third-order valence-corrected chi connectivity index (χ3v) is 1.47. The van der Waals surface area contributed by atoms with Crippen LogP contribution in [-0.2, 0) is 0 Å². The van der Waals surface area contributed by atoms with Crippen LogP contribution >= 0.6 is 0 Å². The Bertz CT molecular complexity index is 287. The van der Waals surface area contributed by atoms with E-state index in [2.05, 4.69) is 6.58 Å². The average molecular weight is 160 g/mol. The zero-order valence-electron chi connectivity index (χ0n) is 7.16. The van der Waals surface area contributed by atoms with Gasteiger partial charge in [0.05, 0.1) is 6.26 Å². The Kier molecular flexibility index (Phi) is 3.15. The van der Waals surface area contributed by atoms with E-state index in [1.165, 1.54) is 0 Å². The highest BCUT2D eigenvalue weighted by Crippen LogP contribution is 2.18. The van der Waals surface area contributed by atoms with E-state index in [0.717, 1.165) is 11.3 Å². The Labute approximate surface area is 73.0 Å². The molecular weight excluding hydrogens is 148 g/mol. The zero-order valence-corrected chi connectivity index (χ0v) is 7.16. The van der Waals surface area contributed by atoms with Gasteiger partial charge < -0.3 is 4.74 Å². The second-order valence-corrected chi connectivity index (χ2v) is 2.33. The standard InChI is InChI=1S/C11H12O/c1-3-9-12-11-8-6-5-7-10(11)4-2/h3-9H,2H2,1H3.